The molecule has 0 amide bonds. The highest BCUT2D eigenvalue weighted by atomic mass is 19.1. The molecule has 3 rings (SSSR count). The van der Waals surface area contributed by atoms with Gasteiger partial charge in [-0.05, 0) is 37.1 Å². The second-order valence-electron chi connectivity index (χ2n) is 5.73. The first-order chi connectivity index (χ1) is 12.8. The van der Waals surface area contributed by atoms with Crippen LogP contribution in [0.1, 0.15) is 23.1 Å². The number of nitrogen functional groups attached to an aromatic ring is 1. The lowest BCUT2D eigenvalue weighted by atomic mass is 9.97. The molecule has 1 aromatic heterocycles. The van der Waals surface area contributed by atoms with Crippen molar-refractivity contribution >= 4 is 28.4 Å². The summed E-state index contributed by atoms with van der Waals surface area (Å²) in [4.78, 5) is 30.1. The van der Waals surface area contributed by atoms with E-state index in [-0.39, 0.29) is 40.4 Å². The molecule has 9 heteroatoms. The van der Waals surface area contributed by atoms with Gasteiger partial charge in [-0.15, -0.1) is 0 Å². The van der Waals surface area contributed by atoms with E-state index in [0.717, 1.165) is 0 Å². The number of anilines is 1. The minimum Gasteiger partial charge on any atom is -0.460 e. The number of nitrogens with zero attached hydrogens (tertiary/aromatic N) is 3. The van der Waals surface area contributed by atoms with Gasteiger partial charge in [-0.3, -0.25) is 10.1 Å². The molecule has 0 aliphatic heterocycles. The number of aryl methyl sites for hydroxylation is 1. The Balaban J connectivity index is 2.21. The minimum absolute atomic E-state index is 0.0635. The molecule has 0 radical (unpaired) electrons. The van der Waals surface area contributed by atoms with Gasteiger partial charge in [0.15, 0.2) is 0 Å². The summed E-state index contributed by atoms with van der Waals surface area (Å²) in [6.45, 7) is 3.49. The smallest absolute Gasteiger partial charge is 0.376 e. The van der Waals surface area contributed by atoms with E-state index in [2.05, 4.69) is 9.97 Å². The van der Waals surface area contributed by atoms with E-state index in [9.17, 15) is 14.9 Å². The third-order valence-corrected chi connectivity index (χ3v) is 4.01. The first-order valence-corrected chi connectivity index (χ1v) is 8.01. The van der Waals surface area contributed by atoms with Gasteiger partial charge < -0.3 is 10.5 Å². The summed E-state index contributed by atoms with van der Waals surface area (Å²) in [6.07, 6.45) is 0. The summed E-state index contributed by atoms with van der Waals surface area (Å²) < 4.78 is 20.0. The summed E-state index contributed by atoms with van der Waals surface area (Å²) in [5.74, 6) is -1.96. The van der Waals surface area contributed by atoms with E-state index in [1.807, 2.05) is 0 Å². The zero-order chi connectivity index (χ0) is 19.7. The van der Waals surface area contributed by atoms with E-state index >= 15 is 4.39 Å². The molecule has 0 aliphatic carbocycles. The third-order valence-electron chi connectivity index (χ3n) is 4.01. The fourth-order valence-electron chi connectivity index (χ4n) is 2.72. The predicted molar refractivity (Wildman–Crippen MR) is 96.7 cm³/mol. The first-order valence-electron chi connectivity index (χ1n) is 8.01. The Hall–Kier alpha value is -3.62. The topological polar surface area (TPSA) is 121 Å². The number of ether oxygens (including phenoxy) is 1. The Morgan fingerprint density at radius 3 is 2.67 bits per heavy atom. The highest BCUT2D eigenvalue weighted by Gasteiger charge is 2.20. The predicted octanol–water partition coefficient (Wildman–Crippen LogP) is 3.41. The van der Waals surface area contributed by atoms with E-state index in [1.165, 1.54) is 24.3 Å². The van der Waals surface area contributed by atoms with Crippen LogP contribution in [0.3, 0.4) is 0 Å². The molecule has 27 heavy (non-hydrogen) atoms. The molecule has 138 valence electrons. The molecule has 1 heterocycles. The van der Waals surface area contributed by atoms with Gasteiger partial charge in [0.25, 0.3) is 5.69 Å². The normalized spacial score (nSPS) is 10.8. The number of fused-ring (bicyclic) bond motifs is 1. The van der Waals surface area contributed by atoms with Gasteiger partial charge in [0.05, 0.1) is 22.4 Å². The maximum absolute atomic E-state index is 15.2. The zero-order valence-corrected chi connectivity index (χ0v) is 14.5. The number of nitro benzene ring substituents is 1. The monoisotopic (exact) mass is 370 g/mol. The molecule has 3 aromatic rings. The highest BCUT2D eigenvalue weighted by Crippen LogP contribution is 2.34. The maximum atomic E-state index is 15.2. The number of hydrogen-bond acceptors (Lipinski definition) is 7. The Kier molecular flexibility index (Phi) is 4.68. The number of non-ortho nitro benzene ring substituents is 1. The lowest BCUT2D eigenvalue weighted by Gasteiger charge is -2.11. The number of nitrogens with two attached hydrogens (primary N) is 1. The molecule has 0 bridgehead atoms. The Bertz CT molecular complexity index is 1080. The second-order valence-corrected chi connectivity index (χ2v) is 5.73. The number of hydrogen-bond donors (Lipinski definition) is 1. The Morgan fingerprint density at radius 2 is 2.00 bits per heavy atom. The van der Waals surface area contributed by atoms with Crippen molar-refractivity contribution in [3.63, 3.8) is 0 Å². The quantitative estimate of drug-likeness (QED) is 0.424. The van der Waals surface area contributed by atoms with Gasteiger partial charge >= 0.3 is 5.97 Å². The standard InChI is InChI=1S/C18H15FN4O4/c1-3-27-18(24)17-21-13-7-6-11(15(19)14(13)16(20)22-17)12-8-10(23(25)26)5-4-9(12)2/h4-8H,3H2,1-2H3,(H2,20,21,22). The van der Waals surface area contributed by atoms with Crippen LogP contribution in [-0.2, 0) is 4.74 Å². The van der Waals surface area contributed by atoms with Crippen LogP contribution < -0.4 is 5.73 Å². The summed E-state index contributed by atoms with van der Waals surface area (Å²) in [6, 6.07) is 7.10. The van der Waals surface area contributed by atoms with Crippen molar-refractivity contribution < 1.29 is 18.8 Å². The number of rotatable bonds is 4. The first kappa shape index (κ1) is 18.2. The van der Waals surface area contributed by atoms with Crippen molar-refractivity contribution in [2.24, 2.45) is 0 Å². The second kappa shape index (κ2) is 6.94. The molecule has 0 saturated carbocycles. The van der Waals surface area contributed by atoms with Gasteiger partial charge in [0.1, 0.15) is 11.6 Å². The lowest BCUT2D eigenvalue weighted by Crippen LogP contribution is -2.12. The van der Waals surface area contributed by atoms with Crippen molar-refractivity contribution in [2.75, 3.05) is 12.3 Å². The number of aromatic nitrogens is 2. The molecule has 0 saturated heterocycles. The summed E-state index contributed by atoms with van der Waals surface area (Å²) >= 11 is 0. The number of nitro groups is 1. The average molecular weight is 370 g/mol. The lowest BCUT2D eigenvalue weighted by molar-refractivity contribution is -0.384. The van der Waals surface area contributed by atoms with Crippen molar-refractivity contribution in [1.82, 2.24) is 9.97 Å². The van der Waals surface area contributed by atoms with E-state index in [1.54, 1.807) is 19.9 Å². The maximum Gasteiger partial charge on any atom is 0.376 e. The van der Waals surface area contributed by atoms with Crippen LogP contribution in [-0.4, -0.2) is 27.5 Å². The van der Waals surface area contributed by atoms with Gasteiger partial charge in [0.2, 0.25) is 5.82 Å². The summed E-state index contributed by atoms with van der Waals surface area (Å²) in [7, 11) is 0. The number of carbonyl (C=O) groups excluding carboxylic acids is 1. The van der Waals surface area contributed by atoms with Crippen molar-refractivity contribution in [3.05, 3.63) is 57.7 Å². The zero-order valence-electron chi connectivity index (χ0n) is 14.5. The van der Waals surface area contributed by atoms with Crippen molar-refractivity contribution in [2.45, 2.75) is 13.8 Å². The minimum atomic E-state index is -0.759. The highest BCUT2D eigenvalue weighted by molar-refractivity contribution is 5.96. The van der Waals surface area contributed by atoms with Crippen LogP contribution in [0.5, 0.6) is 0 Å². The molecular formula is C18H15FN4O4. The van der Waals surface area contributed by atoms with Crippen LogP contribution in [0.25, 0.3) is 22.0 Å². The molecule has 0 fully saturated rings. The van der Waals surface area contributed by atoms with Crippen LogP contribution in [0.4, 0.5) is 15.9 Å². The summed E-state index contributed by atoms with van der Waals surface area (Å²) in [5, 5.41) is 11.0. The van der Waals surface area contributed by atoms with E-state index in [0.29, 0.717) is 11.1 Å². The molecule has 0 aliphatic rings. The fraction of sp³-hybridized carbons (Fsp3) is 0.167. The van der Waals surface area contributed by atoms with Gasteiger partial charge in [-0.1, -0.05) is 6.07 Å². The molecular weight excluding hydrogens is 355 g/mol. The fourth-order valence-corrected chi connectivity index (χ4v) is 2.72. The van der Waals surface area contributed by atoms with Crippen LogP contribution >= 0.6 is 0 Å². The Morgan fingerprint density at radius 1 is 1.26 bits per heavy atom. The van der Waals surface area contributed by atoms with Crippen molar-refractivity contribution in [3.8, 4) is 11.1 Å². The molecule has 2 N–H and O–H groups in total. The van der Waals surface area contributed by atoms with E-state index < -0.39 is 16.7 Å². The molecule has 8 nitrogen and oxygen atoms in total. The number of halogens is 1. The van der Waals surface area contributed by atoms with Gasteiger partial charge in [0, 0.05) is 17.7 Å². The summed E-state index contributed by atoms with van der Waals surface area (Å²) in [5.41, 5.74) is 6.97. The molecule has 0 atom stereocenters. The van der Waals surface area contributed by atoms with Crippen LogP contribution in [0, 0.1) is 22.9 Å². The number of benzene rings is 2. The Labute approximate surface area is 153 Å². The SMILES string of the molecule is CCOC(=O)c1nc(N)c2c(F)c(-c3cc([N+](=O)[O-])ccc3C)ccc2n1. The third kappa shape index (κ3) is 3.26. The van der Waals surface area contributed by atoms with Gasteiger partial charge in [-0.2, -0.15) is 0 Å². The van der Waals surface area contributed by atoms with E-state index in [4.69, 9.17) is 10.5 Å². The van der Waals surface area contributed by atoms with Gasteiger partial charge in [-0.25, -0.2) is 19.2 Å². The van der Waals surface area contributed by atoms with Crippen molar-refractivity contribution in [1.29, 1.82) is 0 Å². The number of carbonyl (C=O) groups is 1. The largest absolute Gasteiger partial charge is 0.460 e. The average Bonchev–Trinajstić information content (AvgIpc) is 2.62. The number of esters is 1. The van der Waals surface area contributed by atoms with Crippen LogP contribution in [0.15, 0.2) is 30.3 Å². The molecule has 0 spiro atoms. The molecule has 0 unspecified atom stereocenters. The molecule has 2 aromatic carbocycles. The van der Waals surface area contributed by atoms with Crippen LogP contribution in [0.2, 0.25) is 0 Å².